The lowest BCUT2D eigenvalue weighted by molar-refractivity contribution is -0.140. The molecular weight excluding hydrogens is 332 g/mol. The lowest BCUT2D eigenvalue weighted by Crippen LogP contribution is -2.46. The molecule has 0 amide bonds. The summed E-state index contributed by atoms with van der Waals surface area (Å²) < 4.78 is 16.1. The minimum Gasteiger partial charge on any atom is -0.462 e. The zero-order chi connectivity index (χ0) is 18.6. The van der Waals surface area contributed by atoms with E-state index in [9.17, 15) is 9.59 Å². The molecule has 0 atom stereocenters. The van der Waals surface area contributed by atoms with Crippen LogP contribution in [-0.4, -0.2) is 38.4 Å². The summed E-state index contributed by atoms with van der Waals surface area (Å²) in [5, 5.41) is 0. The number of hydrogen-bond donors (Lipinski definition) is 0. The van der Waals surface area contributed by atoms with E-state index in [4.69, 9.17) is 14.2 Å². The van der Waals surface area contributed by atoms with E-state index < -0.39 is 0 Å². The second-order valence-electron chi connectivity index (χ2n) is 7.78. The van der Waals surface area contributed by atoms with Crippen LogP contribution in [0.2, 0.25) is 0 Å². The fraction of sp³-hybridized carbons (Fsp3) is 0.619. The van der Waals surface area contributed by atoms with Gasteiger partial charge in [0.1, 0.15) is 6.61 Å². The average Bonchev–Trinajstić information content (AvgIpc) is 2.60. The summed E-state index contributed by atoms with van der Waals surface area (Å²) in [6, 6.07) is 6.49. The molecule has 3 rings (SSSR count). The Bertz CT molecular complexity index is 573. The highest BCUT2D eigenvalue weighted by molar-refractivity contribution is 5.93. The van der Waals surface area contributed by atoms with Gasteiger partial charge in [-0.1, -0.05) is 20.3 Å². The molecule has 142 valence electrons. The molecule has 26 heavy (non-hydrogen) atoms. The van der Waals surface area contributed by atoms with Crippen molar-refractivity contribution in [3.05, 3.63) is 35.4 Å². The predicted octanol–water partition coefficient (Wildman–Crippen LogP) is 4.01. The van der Waals surface area contributed by atoms with E-state index in [0.717, 1.165) is 25.7 Å². The molecule has 1 aliphatic carbocycles. The molecule has 2 fully saturated rings. The third-order valence-corrected chi connectivity index (χ3v) is 6.11. The Morgan fingerprint density at radius 3 is 1.65 bits per heavy atom. The molecule has 0 bridgehead atoms. The smallest absolute Gasteiger partial charge is 0.338 e. The second kappa shape index (κ2) is 7.78. The first-order valence-electron chi connectivity index (χ1n) is 9.54. The van der Waals surface area contributed by atoms with Crippen LogP contribution < -0.4 is 0 Å². The summed E-state index contributed by atoms with van der Waals surface area (Å²) in [7, 11) is 0. The van der Waals surface area contributed by atoms with Crippen LogP contribution in [-0.2, 0) is 14.2 Å². The summed E-state index contributed by atoms with van der Waals surface area (Å²) in [6.45, 7) is 6.34. The normalized spacial score (nSPS) is 19.8. The van der Waals surface area contributed by atoms with Gasteiger partial charge < -0.3 is 14.2 Å². The largest absolute Gasteiger partial charge is 0.462 e. The van der Waals surface area contributed by atoms with Gasteiger partial charge in [0.25, 0.3) is 0 Å². The van der Waals surface area contributed by atoms with Crippen molar-refractivity contribution in [2.45, 2.75) is 46.0 Å². The first-order valence-corrected chi connectivity index (χ1v) is 9.54. The Morgan fingerprint density at radius 2 is 1.35 bits per heavy atom. The Labute approximate surface area is 155 Å². The number of carbonyl (C=O) groups excluding carboxylic acids is 2. The molecule has 0 aromatic heterocycles. The van der Waals surface area contributed by atoms with Crippen LogP contribution in [0.4, 0.5) is 0 Å². The standard InChI is InChI=1S/C21H28O5/c1-3-20(10-5-11-20)14-25-18(22)16-6-8-17(9-7-16)19(23)26-15-21(4-2)12-24-13-21/h6-9H,3-5,10-15H2,1-2H3. The third kappa shape index (κ3) is 3.93. The summed E-state index contributed by atoms with van der Waals surface area (Å²) in [5.74, 6) is -0.703. The molecule has 0 unspecified atom stereocenters. The summed E-state index contributed by atoms with van der Waals surface area (Å²) in [4.78, 5) is 24.4. The molecule has 1 saturated heterocycles. The molecule has 0 radical (unpaired) electrons. The van der Waals surface area contributed by atoms with E-state index in [1.807, 2.05) is 0 Å². The van der Waals surface area contributed by atoms with Gasteiger partial charge in [0, 0.05) is 5.41 Å². The van der Waals surface area contributed by atoms with E-state index in [2.05, 4.69) is 13.8 Å². The van der Waals surface area contributed by atoms with Crippen molar-refractivity contribution in [3.63, 3.8) is 0 Å². The molecule has 5 heteroatoms. The number of benzene rings is 1. The Kier molecular flexibility index (Phi) is 5.66. The molecule has 0 N–H and O–H groups in total. The lowest BCUT2D eigenvalue weighted by Gasteiger charge is -2.40. The van der Waals surface area contributed by atoms with Crippen molar-refractivity contribution in [2.24, 2.45) is 10.8 Å². The molecule has 1 aromatic rings. The predicted molar refractivity (Wildman–Crippen MR) is 97.1 cm³/mol. The van der Waals surface area contributed by atoms with Crippen molar-refractivity contribution < 1.29 is 23.8 Å². The van der Waals surface area contributed by atoms with Crippen molar-refractivity contribution in [1.82, 2.24) is 0 Å². The fourth-order valence-electron chi connectivity index (χ4n) is 3.40. The summed E-state index contributed by atoms with van der Waals surface area (Å²) >= 11 is 0. The number of ether oxygens (including phenoxy) is 3. The van der Waals surface area contributed by atoms with Gasteiger partial charge in [-0.3, -0.25) is 0 Å². The van der Waals surface area contributed by atoms with Gasteiger partial charge in [-0.05, 0) is 49.9 Å². The van der Waals surface area contributed by atoms with Crippen molar-refractivity contribution >= 4 is 11.9 Å². The quantitative estimate of drug-likeness (QED) is 0.656. The van der Waals surface area contributed by atoms with Gasteiger partial charge in [0.2, 0.25) is 0 Å². The Balaban J connectivity index is 1.50. The van der Waals surface area contributed by atoms with Gasteiger partial charge in [0.05, 0.1) is 36.4 Å². The maximum Gasteiger partial charge on any atom is 0.338 e. The molecule has 2 aliphatic rings. The van der Waals surface area contributed by atoms with Crippen LogP contribution in [0, 0.1) is 10.8 Å². The third-order valence-electron chi connectivity index (χ3n) is 6.11. The highest BCUT2D eigenvalue weighted by atomic mass is 16.5. The van der Waals surface area contributed by atoms with Crippen LogP contribution in [0.25, 0.3) is 0 Å². The SMILES string of the molecule is CCC1(COC(=O)c2ccc(C(=O)OCC3(CC)COC3)cc2)CCC1. The first-order chi connectivity index (χ1) is 12.5. The van der Waals surface area contributed by atoms with Crippen molar-refractivity contribution in [2.75, 3.05) is 26.4 Å². The molecule has 0 spiro atoms. The van der Waals surface area contributed by atoms with E-state index >= 15 is 0 Å². The highest BCUT2D eigenvalue weighted by Crippen LogP contribution is 2.44. The maximum atomic E-state index is 12.2. The summed E-state index contributed by atoms with van der Waals surface area (Å²) in [5.41, 5.74) is 1.05. The molecule has 1 aromatic carbocycles. The van der Waals surface area contributed by atoms with Gasteiger partial charge in [-0.15, -0.1) is 0 Å². The van der Waals surface area contributed by atoms with Crippen LogP contribution in [0.3, 0.4) is 0 Å². The van der Waals surface area contributed by atoms with Crippen molar-refractivity contribution in [3.8, 4) is 0 Å². The van der Waals surface area contributed by atoms with Gasteiger partial charge >= 0.3 is 11.9 Å². The lowest BCUT2D eigenvalue weighted by atomic mass is 9.68. The molecule has 1 saturated carbocycles. The highest BCUT2D eigenvalue weighted by Gasteiger charge is 2.38. The summed E-state index contributed by atoms with van der Waals surface area (Å²) in [6.07, 6.45) is 5.44. The van der Waals surface area contributed by atoms with Crippen LogP contribution in [0.15, 0.2) is 24.3 Å². The zero-order valence-electron chi connectivity index (χ0n) is 15.7. The fourth-order valence-corrected chi connectivity index (χ4v) is 3.40. The Morgan fingerprint density at radius 1 is 0.885 bits per heavy atom. The molecule has 1 heterocycles. The number of carbonyl (C=O) groups is 2. The minimum atomic E-state index is -0.371. The zero-order valence-corrected chi connectivity index (χ0v) is 15.7. The van der Waals surface area contributed by atoms with Crippen LogP contribution in [0.1, 0.15) is 66.7 Å². The number of esters is 2. The molecule has 1 aliphatic heterocycles. The van der Waals surface area contributed by atoms with E-state index in [0.29, 0.717) is 37.6 Å². The van der Waals surface area contributed by atoms with E-state index in [1.54, 1.807) is 24.3 Å². The van der Waals surface area contributed by atoms with Gasteiger partial charge in [-0.25, -0.2) is 9.59 Å². The minimum absolute atomic E-state index is 0.0316. The topological polar surface area (TPSA) is 61.8 Å². The first kappa shape index (κ1) is 18.9. The molecular formula is C21H28O5. The Hall–Kier alpha value is -1.88. The van der Waals surface area contributed by atoms with Gasteiger partial charge in [-0.2, -0.15) is 0 Å². The van der Waals surface area contributed by atoms with Crippen LogP contribution >= 0.6 is 0 Å². The average molecular weight is 360 g/mol. The number of rotatable bonds is 8. The number of hydrogen-bond acceptors (Lipinski definition) is 5. The monoisotopic (exact) mass is 360 g/mol. The van der Waals surface area contributed by atoms with Crippen LogP contribution in [0.5, 0.6) is 0 Å². The van der Waals surface area contributed by atoms with E-state index in [-0.39, 0.29) is 22.8 Å². The maximum absolute atomic E-state index is 12.2. The van der Waals surface area contributed by atoms with Crippen molar-refractivity contribution in [1.29, 1.82) is 0 Å². The second-order valence-corrected chi connectivity index (χ2v) is 7.78. The van der Waals surface area contributed by atoms with E-state index in [1.165, 1.54) is 6.42 Å². The molecule has 5 nitrogen and oxygen atoms in total. The van der Waals surface area contributed by atoms with Gasteiger partial charge in [0.15, 0.2) is 0 Å².